The van der Waals surface area contributed by atoms with Gasteiger partial charge in [-0.3, -0.25) is 0 Å². The number of hydrogen-bond donors (Lipinski definition) is 0. The van der Waals surface area contributed by atoms with Crippen LogP contribution < -0.4 is 63.7 Å². The topological polar surface area (TPSA) is 164 Å². The molecule has 20 aromatic carbocycles. The Morgan fingerprint density at radius 2 is 0.557 bits per heavy atom. The Morgan fingerprint density at radius 3 is 0.921 bits per heavy atom. The van der Waals surface area contributed by atoms with E-state index < -0.39 is 46.7 Å². The smallest absolute Gasteiger partial charge is 0.190 e. The van der Waals surface area contributed by atoms with E-state index >= 15 is 18.3 Å². The summed E-state index contributed by atoms with van der Waals surface area (Å²) in [7, 11) is -12.7. The first-order valence-corrected chi connectivity index (χ1v) is 52.6. The molecular weight excluding hydrogens is 1790 g/mol. The summed E-state index contributed by atoms with van der Waals surface area (Å²) < 4.78 is 112. The quantitative estimate of drug-likeness (QED) is 0.108. The predicted octanol–water partition coefficient (Wildman–Crippen LogP) is 25.8. The zero-order chi connectivity index (χ0) is 98.6. The monoisotopic (exact) mass is 1870 g/mol. The Hall–Kier alpha value is -17.5. The van der Waals surface area contributed by atoms with Gasteiger partial charge in [0.2, 0.25) is 0 Å². The molecule has 0 aliphatic carbocycles. The van der Waals surface area contributed by atoms with Crippen LogP contribution in [0.2, 0.25) is 0 Å². The van der Waals surface area contributed by atoms with Crippen molar-refractivity contribution >= 4 is 185 Å². The zero-order valence-corrected chi connectivity index (χ0v) is 78.1. The van der Waals surface area contributed by atoms with Crippen molar-refractivity contribution in [3.63, 3.8) is 0 Å². The van der Waals surface area contributed by atoms with Crippen molar-refractivity contribution in [3.05, 3.63) is 489 Å². The van der Waals surface area contributed by atoms with Crippen molar-refractivity contribution in [2.75, 3.05) is 0 Å². The minimum Gasteiger partial charge on any atom is -0.310 e. The van der Waals surface area contributed by atoms with E-state index in [1.54, 1.807) is 22.8 Å². The normalized spacial score (nSPS) is 16.7. The van der Waals surface area contributed by atoms with E-state index in [9.17, 15) is 15.8 Å². The number of benzene rings is 20. The zero-order valence-electron chi connectivity index (χ0n) is 79.5. The first kappa shape index (κ1) is 78.8. The highest BCUT2D eigenvalue weighted by molar-refractivity contribution is 7.88. The standard InChI is InChI=1S/C32H18N3OP.2C31H19N2OP.C30H20NOP/c1-34-22-17-21(20-33)18-23(19-22)35-28-13-7-5-12-27(28)31-29(35)16-15-26-25-11-6-8-14-30(25)37(36,32(26)31)24-9-3-2-4-10-24;32-20-21-10-4-7-15-26(21)33-27-16-8-5-14-25(27)30-28(33)19-18-24-23-13-6-9-17-29(23)35(34,31(24)30)22-11-2-1-3-12-22;32-20-21-9-8-10-22(19-21)33-27-15-6-4-14-26(27)30-28(33)18-17-25-24-13-5-7-16-29(24)35(34,31(25)30)23-11-2-1-3-12-23;32-33(22-13-5-2-6-14-22)28-18-10-8-15-23(28)24-19-20-27-29(30(24)33)25-16-7-9-17-26(25)31(27)21-11-3-1-4-12-21/h2-19H;2*1-19H;1-20H/i;;;1D,3D,4D,11D,12D. The lowest BCUT2D eigenvalue weighted by atomic mass is 10.0. The molecule has 0 saturated heterocycles. The van der Waals surface area contributed by atoms with Crippen LogP contribution in [0.15, 0.2) is 461 Å². The summed E-state index contributed by atoms with van der Waals surface area (Å²) in [6, 6.07) is 145. The Morgan fingerprint density at radius 1 is 0.250 bits per heavy atom. The van der Waals surface area contributed by atoms with Gasteiger partial charge in [0.05, 0.1) is 86.5 Å². The molecule has 656 valence electrons. The van der Waals surface area contributed by atoms with Crippen LogP contribution in [0.4, 0.5) is 5.69 Å². The van der Waals surface area contributed by atoms with E-state index in [4.69, 9.17) is 13.4 Å². The van der Waals surface area contributed by atoms with Crippen LogP contribution in [-0.2, 0) is 18.3 Å². The van der Waals surface area contributed by atoms with Gasteiger partial charge in [-0.15, -0.1) is 0 Å². The fourth-order valence-corrected chi connectivity index (χ4v) is 35.2. The van der Waals surface area contributed by atoms with Crippen molar-refractivity contribution in [2.45, 2.75) is 0 Å². The van der Waals surface area contributed by atoms with Gasteiger partial charge in [-0.1, -0.05) is 352 Å². The van der Waals surface area contributed by atoms with Crippen LogP contribution in [0.25, 0.3) is 159 Å². The third kappa shape index (κ3) is 12.5. The molecule has 140 heavy (non-hydrogen) atoms. The van der Waals surface area contributed by atoms with Gasteiger partial charge in [-0.05, 0) is 154 Å². The van der Waals surface area contributed by atoms with Gasteiger partial charge < -0.3 is 36.5 Å². The molecule has 4 atom stereocenters. The van der Waals surface area contributed by atoms with Crippen LogP contribution in [0.5, 0.6) is 0 Å². The molecule has 16 heteroatoms. The molecule has 0 radical (unpaired) electrons. The third-order valence-electron chi connectivity index (χ3n) is 27.7. The lowest BCUT2D eigenvalue weighted by molar-refractivity contribution is 0.592. The van der Waals surface area contributed by atoms with Crippen molar-refractivity contribution in [2.24, 2.45) is 0 Å². The molecule has 4 aliphatic rings. The van der Waals surface area contributed by atoms with Crippen molar-refractivity contribution in [3.8, 4) is 85.5 Å². The van der Waals surface area contributed by atoms with Crippen molar-refractivity contribution < 1.29 is 25.1 Å². The second-order valence-electron chi connectivity index (χ2n) is 34.9. The van der Waals surface area contributed by atoms with E-state index in [1.165, 1.54) is 0 Å². The molecule has 0 amide bonds. The fraction of sp³-hybridized carbons (Fsp3) is 0. The third-order valence-corrected chi connectivity index (χ3v) is 40.5. The predicted molar refractivity (Wildman–Crippen MR) is 577 cm³/mol. The second kappa shape index (κ2) is 33.2. The number of nitriles is 3. The molecule has 4 aromatic heterocycles. The van der Waals surface area contributed by atoms with Gasteiger partial charge in [-0.25, -0.2) is 4.85 Å². The maximum absolute atomic E-state index is 15.4. The fourth-order valence-electron chi connectivity index (χ4n) is 22.1. The molecule has 24 aromatic rings. The molecule has 12 nitrogen and oxygen atoms in total. The van der Waals surface area contributed by atoms with Crippen molar-refractivity contribution in [1.29, 1.82) is 15.8 Å². The molecule has 0 N–H and O–H groups in total. The maximum Gasteiger partial charge on any atom is 0.190 e. The first-order valence-electron chi connectivity index (χ1n) is 48.2. The van der Waals surface area contributed by atoms with Gasteiger partial charge in [0.25, 0.3) is 0 Å². The number of nitrogens with zero attached hydrogens (tertiary/aromatic N) is 8. The molecule has 4 unspecified atom stereocenters. The van der Waals surface area contributed by atoms with Crippen molar-refractivity contribution in [1.82, 2.24) is 18.3 Å². The summed E-state index contributed by atoms with van der Waals surface area (Å²) in [5.74, 6) is 0. The van der Waals surface area contributed by atoms with Crippen LogP contribution in [0.1, 0.15) is 23.5 Å². The average molecular weight is 1870 g/mol. The highest BCUT2D eigenvalue weighted by Gasteiger charge is 2.48. The lowest BCUT2D eigenvalue weighted by Crippen LogP contribution is -2.21. The summed E-state index contributed by atoms with van der Waals surface area (Å²) >= 11 is 0. The summed E-state index contributed by atoms with van der Waals surface area (Å²) in [6.07, 6.45) is 0. The molecule has 8 heterocycles. The SMILES string of the molecule is N#Cc1cccc(-n2c3ccccc3c3c4c(ccc32)-c2ccccc2P4(=O)c2ccccc2)c1.N#Cc1ccccc1-n1c2ccccc2c2c3c(ccc21)-c1ccccc1P3(=O)c1ccccc1.[2H]c1c([2H])c([2H])c(-n2c3ccccc3c3c4c(ccc32)-c2ccccc2P4(=O)c2ccccc2)c([2H])c1[2H].[C-]#[N+]c1cc(C#N)cc(-n2c3ccccc3c3c4c(ccc32)-c2ccccc2P4(=O)c2ccccc2)c1. The van der Waals surface area contributed by atoms with Crippen LogP contribution in [0, 0.1) is 40.6 Å². The largest absolute Gasteiger partial charge is 0.310 e. The number of para-hydroxylation sites is 6. The van der Waals surface area contributed by atoms with Gasteiger partial charge in [0.1, 0.15) is 6.07 Å². The van der Waals surface area contributed by atoms with E-state index in [0.29, 0.717) is 33.4 Å². The summed E-state index contributed by atoms with van der Waals surface area (Å²) in [5.41, 5.74) is 19.7. The van der Waals surface area contributed by atoms with Crippen LogP contribution in [-0.4, -0.2) is 18.3 Å². The lowest BCUT2D eigenvalue weighted by Gasteiger charge is -2.17. The molecule has 0 spiro atoms. The van der Waals surface area contributed by atoms with Gasteiger partial charge in [-0.2, -0.15) is 15.8 Å². The molecule has 0 fully saturated rings. The Kier molecular flexibility index (Phi) is 18.7. The minimum absolute atomic E-state index is 0.0761. The molecule has 28 rings (SSSR count). The Balaban J connectivity index is 0.000000101. The van der Waals surface area contributed by atoms with E-state index in [-0.39, 0.29) is 17.8 Å². The number of rotatable bonds is 8. The van der Waals surface area contributed by atoms with Gasteiger partial charge in [0, 0.05) is 129 Å². The van der Waals surface area contributed by atoms with Gasteiger partial charge >= 0.3 is 0 Å². The summed E-state index contributed by atoms with van der Waals surface area (Å²) in [6.45, 7) is 7.56. The number of fused-ring (bicyclic) bond motifs is 28. The number of hydrogen-bond acceptors (Lipinski definition) is 7. The van der Waals surface area contributed by atoms with Gasteiger partial charge in [0.15, 0.2) is 34.3 Å². The summed E-state index contributed by atoms with van der Waals surface area (Å²) in [4.78, 5) is 3.60. The summed E-state index contributed by atoms with van der Waals surface area (Å²) in [5, 5.41) is 46.7. The molecule has 4 aliphatic heterocycles. The highest BCUT2D eigenvalue weighted by atomic mass is 31.2. The Labute approximate surface area is 813 Å². The highest BCUT2D eigenvalue weighted by Crippen LogP contribution is 2.60. The van der Waals surface area contributed by atoms with E-state index in [1.807, 2.05) is 328 Å². The average Bonchev–Trinajstić information content (AvgIpc) is 1.54. The van der Waals surface area contributed by atoms with E-state index in [0.717, 1.165) is 201 Å². The van der Waals surface area contributed by atoms with Crippen LogP contribution in [0.3, 0.4) is 0 Å². The maximum atomic E-state index is 15.4. The molecule has 0 bridgehead atoms. The number of aromatic nitrogens is 4. The van der Waals surface area contributed by atoms with Crippen LogP contribution >= 0.6 is 28.6 Å². The molecular formula is C124H76N8O4P4. The molecule has 0 saturated carbocycles. The second-order valence-corrected chi connectivity index (χ2v) is 45.6. The first-order chi connectivity index (χ1) is 70.9. The van der Waals surface area contributed by atoms with E-state index in [2.05, 4.69) is 122 Å². The Bertz CT molecular complexity index is 10100. The minimum atomic E-state index is -3.29.